The van der Waals surface area contributed by atoms with Crippen molar-refractivity contribution in [3.8, 4) is 0 Å². The lowest BCUT2D eigenvalue weighted by Gasteiger charge is -2.34. The molecule has 0 bridgehead atoms. The van der Waals surface area contributed by atoms with Crippen molar-refractivity contribution in [2.45, 2.75) is 57.5 Å². The molecule has 0 aliphatic rings. The lowest BCUT2D eigenvalue weighted by Crippen LogP contribution is -2.53. The number of carbonyl (C=O) groups is 2. The van der Waals surface area contributed by atoms with E-state index in [-0.39, 0.29) is 29.5 Å². The van der Waals surface area contributed by atoms with Gasteiger partial charge in [0.1, 0.15) is 18.4 Å². The van der Waals surface area contributed by atoms with Gasteiger partial charge in [-0.1, -0.05) is 91.2 Å². The fourth-order valence-corrected chi connectivity index (χ4v) is 6.46. The van der Waals surface area contributed by atoms with E-state index in [0.717, 1.165) is 51.5 Å². The first-order valence-corrected chi connectivity index (χ1v) is 16.5. The Morgan fingerprint density at radius 1 is 0.822 bits per heavy atom. The number of carbonyl (C=O) groups excluding carboxylic acids is 2. The zero-order valence-electron chi connectivity index (χ0n) is 25.9. The molecule has 4 aromatic carbocycles. The van der Waals surface area contributed by atoms with Crippen molar-refractivity contribution in [1.29, 1.82) is 0 Å². The van der Waals surface area contributed by atoms with E-state index >= 15 is 0 Å². The van der Waals surface area contributed by atoms with Gasteiger partial charge in [-0.15, -0.1) is 0 Å². The van der Waals surface area contributed by atoms with Crippen LogP contribution < -0.4 is 9.62 Å². The Morgan fingerprint density at radius 2 is 1.49 bits per heavy atom. The molecule has 0 aromatic heterocycles. The van der Waals surface area contributed by atoms with Gasteiger partial charge in [-0.25, -0.2) is 12.8 Å². The molecular formula is C36H40FN3O4S. The second-order valence-electron chi connectivity index (χ2n) is 11.2. The zero-order chi connectivity index (χ0) is 32.4. The molecule has 2 amide bonds. The standard InChI is InChI=1S/C36H40FN3O4S/c1-4-5-22-38-36(42)34(24-29-11-7-6-8-12-29)39(25-30-13-9-10-28(3)23-30)35(41)26-40(32-18-16-31(37)17-19-32)45(43,44)33-20-14-27(2)15-21-33/h6-21,23,34H,4-5,22,24-26H2,1-3H3,(H,38,42)/t34-/m1/s1. The van der Waals surface area contributed by atoms with E-state index < -0.39 is 34.3 Å². The quantitative estimate of drug-likeness (QED) is 0.169. The lowest BCUT2D eigenvalue weighted by atomic mass is 10.0. The van der Waals surface area contributed by atoms with E-state index in [1.54, 1.807) is 12.1 Å². The molecule has 0 unspecified atom stereocenters. The summed E-state index contributed by atoms with van der Waals surface area (Å²) in [6.07, 6.45) is 1.90. The average molecular weight is 630 g/mol. The number of aryl methyl sites for hydroxylation is 2. The third-order valence-corrected chi connectivity index (χ3v) is 9.33. The Balaban J connectivity index is 1.78. The number of sulfonamides is 1. The summed E-state index contributed by atoms with van der Waals surface area (Å²) in [5.74, 6) is -1.42. The van der Waals surface area contributed by atoms with Crippen molar-refractivity contribution >= 4 is 27.5 Å². The van der Waals surface area contributed by atoms with Gasteiger partial charge in [-0.2, -0.15) is 0 Å². The van der Waals surface area contributed by atoms with Crippen LogP contribution in [-0.4, -0.2) is 44.3 Å². The van der Waals surface area contributed by atoms with E-state index in [2.05, 4.69) is 5.32 Å². The van der Waals surface area contributed by atoms with Gasteiger partial charge in [0, 0.05) is 19.5 Å². The first-order valence-electron chi connectivity index (χ1n) is 15.1. The Labute approximate surface area is 265 Å². The van der Waals surface area contributed by atoms with Crippen LogP contribution in [0.4, 0.5) is 10.1 Å². The highest BCUT2D eigenvalue weighted by atomic mass is 32.2. The van der Waals surface area contributed by atoms with Gasteiger partial charge in [0.15, 0.2) is 0 Å². The predicted octanol–water partition coefficient (Wildman–Crippen LogP) is 6.19. The molecule has 0 radical (unpaired) electrons. The van der Waals surface area contributed by atoms with Gasteiger partial charge < -0.3 is 10.2 Å². The molecular weight excluding hydrogens is 589 g/mol. The van der Waals surface area contributed by atoms with Gasteiger partial charge in [-0.3, -0.25) is 13.9 Å². The lowest BCUT2D eigenvalue weighted by molar-refractivity contribution is -0.140. The number of amides is 2. The van der Waals surface area contributed by atoms with Gasteiger partial charge in [0.25, 0.3) is 10.0 Å². The van der Waals surface area contributed by atoms with Gasteiger partial charge >= 0.3 is 0 Å². The largest absolute Gasteiger partial charge is 0.354 e. The second kappa shape index (κ2) is 15.5. The molecule has 0 saturated heterocycles. The minimum Gasteiger partial charge on any atom is -0.354 e. The maximum atomic E-state index is 14.4. The number of hydrogen-bond donors (Lipinski definition) is 1. The summed E-state index contributed by atoms with van der Waals surface area (Å²) in [4.78, 5) is 29.7. The van der Waals surface area contributed by atoms with Crippen molar-refractivity contribution in [2.24, 2.45) is 0 Å². The Kier molecular flexibility index (Phi) is 11.5. The normalized spacial score (nSPS) is 11.9. The first-order chi connectivity index (χ1) is 21.6. The predicted molar refractivity (Wildman–Crippen MR) is 176 cm³/mol. The highest BCUT2D eigenvalue weighted by molar-refractivity contribution is 7.92. The molecule has 0 aliphatic carbocycles. The number of anilines is 1. The van der Waals surface area contributed by atoms with Gasteiger partial charge in [0.05, 0.1) is 10.6 Å². The van der Waals surface area contributed by atoms with Crippen LogP contribution in [-0.2, 0) is 32.6 Å². The molecule has 0 spiro atoms. The second-order valence-corrected chi connectivity index (χ2v) is 13.0. The monoisotopic (exact) mass is 629 g/mol. The molecule has 0 saturated carbocycles. The maximum absolute atomic E-state index is 14.4. The van der Waals surface area contributed by atoms with Crippen molar-refractivity contribution < 1.29 is 22.4 Å². The van der Waals surface area contributed by atoms with Crippen molar-refractivity contribution in [1.82, 2.24) is 10.2 Å². The molecule has 236 valence electrons. The number of hydrogen-bond acceptors (Lipinski definition) is 4. The van der Waals surface area contributed by atoms with Crippen LogP contribution in [0.1, 0.15) is 42.0 Å². The molecule has 7 nitrogen and oxygen atoms in total. The molecule has 9 heteroatoms. The van der Waals surface area contributed by atoms with Crippen LogP contribution in [0.15, 0.2) is 108 Å². The summed E-state index contributed by atoms with van der Waals surface area (Å²) in [7, 11) is -4.25. The Morgan fingerprint density at radius 3 is 2.13 bits per heavy atom. The number of nitrogens with zero attached hydrogens (tertiary/aromatic N) is 2. The van der Waals surface area contributed by atoms with Crippen molar-refractivity contribution in [3.63, 3.8) is 0 Å². The van der Waals surface area contributed by atoms with Crippen LogP contribution in [0.5, 0.6) is 0 Å². The molecule has 0 heterocycles. The van der Waals surface area contributed by atoms with E-state index in [0.29, 0.717) is 6.54 Å². The Bertz CT molecular complexity index is 1680. The summed E-state index contributed by atoms with van der Waals surface area (Å²) in [6.45, 7) is 5.76. The number of halogens is 1. The van der Waals surface area contributed by atoms with Gasteiger partial charge in [0.2, 0.25) is 11.8 Å². The zero-order valence-corrected chi connectivity index (χ0v) is 26.8. The fraction of sp³-hybridized carbons (Fsp3) is 0.278. The Hall–Kier alpha value is -4.50. The first kappa shape index (κ1) is 33.4. The van der Waals surface area contributed by atoms with Crippen LogP contribution in [0.2, 0.25) is 0 Å². The minimum absolute atomic E-state index is 0.00592. The highest BCUT2D eigenvalue weighted by Crippen LogP contribution is 2.26. The summed E-state index contributed by atoms with van der Waals surface area (Å²) < 4.78 is 43.0. The average Bonchev–Trinajstić information content (AvgIpc) is 3.02. The SMILES string of the molecule is CCCCNC(=O)[C@@H](Cc1ccccc1)N(Cc1cccc(C)c1)C(=O)CN(c1ccc(F)cc1)S(=O)(=O)c1ccc(C)cc1. The molecule has 0 fully saturated rings. The third-order valence-electron chi connectivity index (χ3n) is 7.54. The van der Waals surface area contributed by atoms with Gasteiger partial charge in [-0.05, 0) is 67.8 Å². The number of nitrogens with one attached hydrogen (secondary N) is 1. The molecule has 45 heavy (non-hydrogen) atoms. The van der Waals surface area contributed by atoms with Crippen LogP contribution in [0.25, 0.3) is 0 Å². The molecule has 1 N–H and O–H groups in total. The molecule has 0 aliphatic heterocycles. The summed E-state index contributed by atoms with van der Waals surface area (Å²) in [5.41, 5.74) is 3.66. The van der Waals surface area contributed by atoms with Crippen LogP contribution in [0.3, 0.4) is 0 Å². The molecule has 1 atom stereocenters. The highest BCUT2D eigenvalue weighted by Gasteiger charge is 2.34. The smallest absolute Gasteiger partial charge is 0.264 e. The van der Waals surface area contributed by atoms with Crippen molar-refractivity contribution in [3.05, 3.63) is 131 Å². The van der Waals surface area contributed by atoms with E-state index in [1.807, 2.05) is 75.4 Å². The van der Waals surface area contributed by atoms with Crippen LogP contribution in [0, 0.1) is 19.7 Å². The summed E-state index contributed by atoms with van der Waals surface area (Å²) in [5, 5.41) is 2.98. The molecule has 4 rings (SSSR count). The summed E-state index contributed by atoms with van der Waals surface area (Å²) >= 11 is 0. The van der Waals surface area contributed by atoms with Crippen molar-refractivity contribution in [2.75, 3.05) is 17.4 Å². The minimum atomic E-state index is -4.25. The maximum Gasteiger partial charge on any atom is 0.264 e. The molecule has 4 aromatic rings. The van der Waals surface area contributed by atoms with Crippen LogP contribution >= 0.6 is 0 Å². The summed E-state index contributed by atoms with van der Waals surface area (Å²) in [6, 6.07) is 27.4. The number of rotatable bonds is 14. The van der Waals surface area contributed by atoms with E-state index in [1.165, 1.54) is 29.2 Å². The number of unbranched alkanes of at least 4 members (excludes halogenated alkanes) is 1. The topological polar surface area (TPSA) is 86.8 Å². The van der Waals surface area contributed by atoms with E-state index in [4.69, 9.17) is 0 Å². The number of benzene rings is 4. The third kappa shape index (κ3) is 9.01. The van der Waals surface area contributed by atoms with E-state index in [9.17, 15) is 22.4 Å². The fourth-order valence-electron chi connectivity index (χ4n) is 5.04.